The van der Waals surface area contributed by atoms with Gasteiger partial charge in [-0.05, 0) is 18.6 Å². The van der Waals surface area contributed by atoms with E-state index in [9.17, 15) is 26.4 Å². The summed E-state index contributed by atoms with van der Waals surface area (Å²) in [5, 5.41) is 6.15. The summed E-state index contributed by atoms with van der Waals surface area (Å²) >= 11 is 0. The Kier molecular flexibility index (Phi) is 5.85. The van der Waals surface area contributed by atoms with E-state index in [1.165, 1.54) is 44.5 Å². The van der Waals surface area contributed by atoms with E-state index in [0.717, 1.165) is 6.07 Å². The fourth-order valence-electron chi connectivity index (χ4n) is 3.05. The van der Waals surface area contributed by atoms with Gasteiger partial charge in [0.05, 0.1) is 17.4 Å². The molecule has 0 saturated carbocycles. The van der Waals surface area contributed by atoms with Gasteiger partial charge in [-0.2, -0.15) is 22.6 Å². The fourth-order valence-corrected chi connectivity index (χ4v) is 4.51. The van der Waals surface area contributed by atoms with Gasteiger partial charge < -0.3 is 10.2 Å². The van der Waals surface area contributed by atoms with Gasteiger partial charge in [-0.1, -0.05) is 12.1 Å². The van der Waals surface area contributed by atoms with Crippen LogP contribution in [0.4, 0.5) is 23.7 Å². The molecule has 0 unspecified atom stereocenters. The predicted molar refractivity (Wildman–Crippen MR) is 98.6 cm³/mol. The molecule has 3 rings (SSSR count). The standard InChI is InChI=1S/C17H20F3N5O3S/c1-23-12-13(11-21-23)29(27,28)25-8-4-7-24(9-10-25)16(26)22-15-6-3-2-5-14(15)17(18,19)20/h2-3,5-6,11-12H,4,7-10H2,1H3,(H,22,26). The van der Waals surface area contributed by atoms with Gasteiger partial charge in [0, 0.05) is 39.4 Å². The van der Waals surface area contributed by atoms with Crippen LogP contribution in [0.25, 0.3) is 0 Å². The Morgan fingerprint density at radius 1 is 1.14 bits per heavy atom. The quantitative estimate of drug-likeness (QED) is 0.808. The second-order valence-corrected chi connectivity index (χ2v) is 8.51. The van der Waals surface area contributed by atoms with E-state index in [4.69, 9.17) is 0 Å². The maximum atomic E-state index is 13.1. The lowest BCUT2D eigenvalue weighted by atomic mass is 10.1. The zero-order valence-electron chi connectivity index (χ0n) is 15.6. The lowest BCUT2D eigenvalue weighted by molar-refractivity contribution is -0.136. The molecule has 1 aromatic heterocycles. The highest BCUT2D eigenvalue weighted by atomic mass is 32.2. The lowest BCUT2D eigenvalue weighted by Crippen LogP contribution is -2.39. The number of amides is 2. The summed E-state index contributed by atoms with van der Waals surface area (Å²) in [7, 11) is -2.15. The predicted octanol–water partition coefficient (Wildman–Crippen LogP) is 2.37. The number of para-hydroxylation sites is 1. The van der Waals surface area contributed by atoms with Crippen molar-refractivity contribution in [1.82, 2.24) is 19.0 Å². The highest BCUT2D eigenvalue weighted by Gasteiger charge is 2.34. The van der Waals surface area contributed by atoms with Crippen molar-refractivity contribution in [2.75, 3.05) is 31.5 Å². The summed E-state index contributed by atoms with van der Waals surface area (Å²) in [6.45, 7) is 0.504. The van der Waals surface area contributed by atoms with E-state index in [1.807, 2.05) is 0 Å². The number of anilines is 1. The Balaban J connectivity index is 1.69. The minimum absolute atomic E-state index is 0.0333. The monoisotopic (exact) mass is 431 g/mol. The van der Waals surface area contributed by atoms with E-state index >= 15 is 0 Å². The number of alkyl halides is 3. The summed E-state index contributed by atoms with van der Waals surface area (Å²) in [6.07, 6.45) is -1.61. The molecule has 1 aromatic carbocycles. The zero-order valence-corrected chi connectivity index (χ0v) is 16.4. The Morgan fingerprint density at radius 2 is 1.86 bits per heavy atom. The number of sulfonamides is 1. The van der Waals surface area contributed by atoms with Crippen LogP contribution in [-0.4, -0.2) is 59.6 Å². The Bertz CT molecular complexity index is 990. The molecule has 0 atom stereocenters. The number of halogens is 3. The SMILES string of the molecule is Cn1cc(S(=O)(=O)N2CCCN(C(=O)Nc3ccccc3C(F)(F)F)CC2)cn1. The van der Waals surface area contributed by atoms with Crippen molar-refractivity contribution in [2.24, 2.45) is 7.05 Å². The van der Waals surface area contributed by atoms with Crippen LogP contribution in [-0.2, 0) is 23.2 Å². The highest BCUT2D eigenvalue weighted by molar-refractivity contribution is 7.89. The summed E-state index contributed by atoms with van der Waals surface area (Å²) in [6, 6.07) is 4.00. The molecular weight excluding hydrogens is 411 g/mol. The molecule has 1 aliphatic rings. The van der Waals surface area contributed by atoms with E-state index in [2.05, 4.69) is 10.4 Å². The summed E-state index contributed by atoms with van der Waals surface area (Å²) in [5.41, 5.74) is -1.28. The maximum Gasteiger partial charge on any atom is 0.418 e. The molecule has 2 aromatic rings. The van der Waals surface area contributed by atoms with Gasteiger partial charge >= 0.3 is 12.2 Å². The molecule has 2 amide bonds. The van der Waals surface area contributed by atoms with Crippen LogP contribution in [0.2, 0.25) is 0 Å². The number of carbonyl (C=O) groups is 1. The van der Waals surface area contributed by atoms with Gasteiger partial charge in [-0.25, -0.2) is 13.2 Å². The number of carbonyl (C=O) groups excluding carboxylic acids is 1. The van der Waals surface area contributed by atoms with E-state index < -0.39 is 27.8 Å². The first-order valence-electron chi connectivity index (χ1n) is 8.80. The van der Waals surface area contributed by atoms with Crippen LogP contribution in [0.15, 0.2) is 41.6 Å². The fraction of sp³-hybridized carbons (Fsp3) is 0.412. The molecule has 1 fully saturated rings. The molecule has 29 heavy (non-hydrogen) atoms. The molecule has 0 bridgehead atoms. The average Bonchev–Trinajstić information content (AvgIpc) is 2.94. The second-order valence-electron chi connectivity index (χ2n) is 6.57. The number of hydrogen-bond acceptors (Lipinski definition) is 4. The molecule has 0 radical (unpaired) electrons. The van der Waals surface area contributed by atoms with Gasteiger partial charge in [0.15, 0.2) is 0 Å². The number of aryl methyl sites for hydroxylation is 1. The van der Waals surface area contributed by atoms with Crippen LogP contribution >= 0.6 is 0 Å². The van der Waals surface area contributed by atoms with Crippen molar-refractivity contribution < 1.29 is 26.4 Å². The number of urea groups is 1. The van der Waals surface area contributed by atoms with Crippen molar-refractivity contribution in [3.8, 4) is 0 Å². The van der Waals surface area contributed by atoms with Crippen LogP contribution in [0.1, 0.15) is 12.0 Å². The molecule has 1 saturated heterocycles. The van der Waals surface area contributed by atoms with Gasteiger partial charge in [0.2, 0.25) is 10.0 Å². The Hall–Kier alpha value is -2.60. The van der Waals surface area contributed by atoms with Crippen molar-refractivity contribution in [3.63, 3.8) is 0 Å². The number of benzene rings is 1. The number of hydrogen-bond donors (Lipinski definition) is 1. The highest BCUT2D eigenvalue weighted by Crippen LogP contribution is 2.34. The van der Waals surface area contributed by atoms with Crippen molar-refractivity contribution >= 4 is 21.7 Å². The van der Waals surface area contributed by atoms with E-state index in [0.29, 0.717) is 6.42 Å². The van der Waals surface area contributed by atoms with Crippen molar-refractivity contribution in [3.05, 3.63) is 42.2 Å². The molecule has 12 heteroatoms. The molecule has 0 spiro atoms. The number of nitrogens with one attached hydrogen (secondary N) is 1. The minimum Gasteiger partial charge on any atom is -0.323 e. The Morgan fingerprint density at radius 3 is 2.52 bits per heavy atom. The van der Waals surface area contributed by atoms with E-state index in [1.54, 1.807) is 7.05 Å². The topological polar surface area (TPSA) is 87.5 Å². The van der Waals surface area contributed by atoms with Crippen molar-refractivity contribution in [2.45, 2.75) is 17.5 Å². The first-order valence-corrected chi connectivity index (χ1v) is 10.2. The van der Waals surface area contributed by atoms with Gasteiger partial charge in [0.25, 0.3) is 0 Å². The van der Waals surface area contributed by atoms with Crippen LogP contribution in [0.5, 0.6) is 0 Å². The largest absolute Gasteiger partial charge is 0.418 e. The molecule has 1 aliphatic heterocycles. The first-order chi connectivity index (χ1) is 13.6. The number of nitrogens with zero attached hydrogens (tertiary/aromatic N) is 4. The first kappa shape index (κ1) is 21.1. The van der Waals surface area contributed by atoms with Gasteiger partial charge in [-0.3, -0.25) is 4.68 Å². The molecule has 8 nitrogen and oxygen atoms in total. The third-order valence-electron chi connectivity index (χ3n) is 4.54. The van der Waals surface area contributed by atoms with Gasteiger partial charge in [-0.15, -0.1) is 0 Å². The third-order valence-corrected chi connectivity index (χ3v) is 6.39. The van der Waals surface area contributed by atoms with Gasteiger partial charge in [0.1, 0.15) is 4.90 Å². The molecular formula is C17H20F3N5O3S. The maximum absolute atomic E-state index is 13.1. The number of aromatic nitrogens is 2. The Labute approximate surface area is 165 Å². The number of rotatable bonds is 3. The molecule has 0 aliphatic carbocycles. The molecule has 2 heterocycles. The van der Waals surface area contributed by atoms with Crippen molar-refractivity contribution in [1.29, 1.82) is 0 Å². The minimum atomic E-state index is -4.60. The van der Waals surface area contributed by atoms with Crippen LogP contribution in [0, 0.1) is 0 Å². The normalized spacial score (nSPS) is 16.5. The molecule has 1 N–H and O–H groups in total. The smallest absolute Gasteiger partial charge is 0.323 e. The summed E-state index contributed by atoms with van der Waals surface area (Å²) in [5.74, 6) is 0. The summed E-state index contributed by atoms with van der Waals surface area (Å²) in [4.78, 5) is 13.9. The zero-order chi connectivity index (χ0) is 21.2. The summed E-state index contributed by atoms with van der Waals surface area (Å²) < 4.78 is 67.4. The average molecular weight is 431 g/mol. The third kappa shape index (κ3) is 4.70. The van der Waals surface area contributed by atoms with E-state index in [-0.39, 0.29) is 36.8 Å². The lowest BCUT2D eigenvalue weighted by Gasteiger charge is -2.23. The van der Waals surface area contributed by atoms with Crippen LogP contribution in [0.3, 0.4) is 0 Å². The molecule has 158 valence electrons. The second kappa shape index (κ2) is 8.03. The van der Waals surface area contributed by atoms with Crippen LogP contribution < -0.4 is 5.32 Å².